The number of fused-ring (bicyclic) bond motifs is 1. The van der Waals surface area contributed by atoms with Crippen LogP contribution in [0.4, 0.5) is 0 Å². The van der Waals surface area contributed by atoms with E-state index in [-0.39, 0.29) is 5.41 Å². The highest BCUT2D eigenvalue weighted by atomic mass is 15.2. The maximum atomic E-state index is 2.56. The van der Waals surface area contributed by atoms with Gasteiger partial charge in [-0.25, -0.2) is 4.57 Å². The van der Waals surface area contributed by atoms with E-state index >= 15 is 0 Å². The molecule has 0 unspecified atom stereocenters. The summed E-state index contributed by atoms with van der Waals surface area (Å²) in [7, 11) is 2.22. The third kappa shape index (κ3) is 4.71. The van der Waals surface area contributed by atoms with Gasteiger partial charge < -0.3 is 0 Å². The second-order valence-corrected chi connectivity index (χ2v) is 12.6. The summed E-state index contributed by atoms with van der Waals surface area (Å²) in [6.45, 7) is 18.5. The van der Waals surface area contributed by atoms with Crippen LogP contribution in [0.3, 0.4) is 0 Å². The molecule has 1 aromatic heterocycles. The second-order valence-electron chi connectivity index (χ2n) is 12.6. The summed E-state index contributed by atoms with van der Waals surface area (Å²) in [4.78, 5) is 0. The molecule has 0 bridgehead atoms. The van der Waals surface area contributed by atoms with Crippen LogP contribution in [-0.4, -0.2) is 4.57 Å². The molecule has 0 radical (unpaired) electrons. The molecule has 39 heavy (non-hydrogen) atoms. The van der Waals surface area contributed by atoms with Crippen LogP contribution < -0.4 is 4.57 Å². The highest BCUT2D eigenvalue weighted by Crippen LogP contribution is 2.41. The molecule has 4 aromatic carbocycles. The fourth-order valence-corrected chi connectivity index (χ4v) is 6.15. The standard InChI is InChI=1S/C37H43N2/c1-24(2)30-22-28(27-16-11-10-12-17-27)23-31(25(3)4)35(30)39-34-21-14-13-20-33(34)38(9)36(39)29-18-15-19-32(26(29)5)37(6,7)8/h10-25H,1-9H3/q+1. The van der Waals surface area contributed by atoms with E-state index in [2.05, 4.69) is 157 Å². The zero-order chi connectivity index (χ0) is 28.1. The Morgan fingerprint density at radius 1 is 0.692 bits per heavy atom. The maximum Gasteiger partial charge on any atom is 0.295 e. The third-order valence-corrected chi connectivity index (χ3v) is 8.14. The smallest absolute Gasteiger partial charge is 0.225 e. The van der Waals surface area contributed by atoms with E-state index in [0.29, 0.717) is 11.8 Å². The molecule has 0 aliphatic carbocycles. The number of benzene rings is 4. The highest BCUT2D eigenvalue weighted by molar-refractivity contribution is 5.82. The number of aromatic nitrogens is 2. The minimum absolute atomic E-state index is 0.0685. The first-order valence-corrected chi connectivity index (χ1v) is 14.3. The van der Waals surface area contributed by atoms with Crippen LogP contribution >= 0.6 is 0 Å². The summed E-state index contributed by atoms with van der Waals surface area (Å²) in [5, 5.41) is 0. The molecule has 200 valence electrons. The Balaban J connectivity index is 1.94. The van der Waals surface area contributed by atoms with Gasteiger partial charge in [0.25, 0.3) is 5.82 Å². The van der Waals surface area contributed by atoms with Crippen LogP contribution in [0.5, 0.6) is 0 Å². The summed E-state index contributed by atoms with van der Waals surface area (Å²) in [6.07, 6.45) is 0. The van der Waals surface area contributed by atoms with Gasteiger partial charge in [-0.2, -0.15) is 4.57 Å². The SMILES string of the molecule is Cc1c(-c2n(-c3c(C(C)C)cc(-c4ccccc4)cc3C(C)C)c3ccccc3[n+]2C)cccc1C(C)(C)C. The lowest BCUT2D eigenvalue weighted by atomic mass is 9.82. The first-order valence-electron chi connectivity index (χ1n) is 14.3. The lowest BCUT2D eigenvalue weighted by molar-refractivity contribution is -0.633. The Morgan fingerprint density at radius 2 is 1.28 bits per heavy atom. The fourth-order valence-electron chi connectivity index (χ4n) is 6.15. The predicted molar refractivity (Wildman–Crippen MR) is 167 cm³/mol. The Labute approximate surface area is 235 Å². The Hall–Kier alpha value is -3.65. The summed E-state index contributed by atoms with van der Waals surface area (Å²) >= 11 is 0. The van der Waals surface area contributed by atoms with Crippen molar-refractivity contribution in [3.05, 3.63) is 107 Å². The maximum absolute atomic E-state index is 2.56. The van der Waals surface area contributed by atoms with Crippen LogP contribution in [0.2, 0.25) is 0 Å². The average molecular weight is 516 g/mol. The predicted octanol–water partition coefficient (Wildman–Crippen LogP) is 9.64. The third-order valence-electron chi connectivity index (χ3n) is 8.14. The van der Waals surface area contributed by atoms with Crippen molar-refractivity contribution in [1.82, 2.24) is 4.57 Å². The number of hydrogen-bond donors (Lipinski definition) is 0. The van der Waals surface area contributed by atoms with Crippen molar-refractivity contribution in [2.45, 2.75) is 72.6 Å². The number of nitrogens with zero attached hydrogens (tertiary/aromatic N) is 2. The Morgan fingerprint density at radius 3 is 1.87 bits per heavy atom. The van der Waals surface area contributed by atoms with Crippen LogP contribution in [-0.2, 0) is 12.5 Å². The van der Waals surface area contributed by atoms with Crippen molar-refractivity contribution < 1.29 is 4.57 Å². The van der Waals surface area contributed by atoms with Crippen LogP contribution in [0, 0.1) is 6.92 Å². The van der Waals surface area contributed by atoms with Gasteiger partial charge in [0.05, 0.1) is 12.6 Å². The van der Waals surface area contributed by atoms with Gasteiger partial charge in [-0.15, -0.1) is 0 Å². The summed E-state index contributed by atoms with van der Waals surface area (Å²) < 4.78 is 4.95. The molecule has 0 atom stereocenters. The minimum atomic E-state index is 0.0685. The first kappa shape index (κ1) is 26.9. The first-order chi connectivity index (χ1) is 18.5. The van der Waals surface area contributed by atoms with Gasteiger partial charge in [0.2, 0.25) is 0 Å². The van der Waals surface area contributed by atoms with E-state index in [0.717, 1.165) is 0 Å². The van der Waals surface area contributed by atoms with Gasteiger partial charge in [0.1, 0.15) is 5.69 Å². The highest BCUT2D eigenvalue weighted by Gasteiger charge is 2.32. The summed E-state index contributed by atoms with van der Waals surface area (Å²) in [6, 6.07) is 31.3. The second kappa shape index (κ2) is 10.2. The van der Waals surface area contributed by atoms with E-state index < -0.39 is 0 Å². The zero-order valence-electron chi connectivity index (χ0n) is 25.1. The number of hydrogen-bond acceptors (Lipinski definition) is 0. The molecule has 2 nitrogen and oxygen atoms in total. The molecule has 0 N–H and O–H groups in total. The normalized spacial score (nSPS) is 12.2. The topological polar surface area (TPSA) is 8.81 Å². The molecule has 5 rings (SSSR count). The largest absolute Gasteiger partial charge is 0.295 e. The molecule has 2 heteroatoms. The van der Waals surface area contributed by atoms with Crippen molar-refractivity contribution in [2.75, 3.05) is 0 Å². The monoisotopic (exact) mass is 515 g/mol. The van der Waals surface area contributed by atoms with Gasteiger partial charge in [-0.3, -0.25) is 0 Å². The van der Waals surface area contributed by atoms with E-state index in [1.807, 2.05) is 0 Å². The number of imidazole rings is 1. The van der Waals surface area contributed by atoms with Gasteiger partial charge in [0, 0.05) is 11.1 Å². The van der Waals surface area contributed by atoms with Crippen molar-refractivity contribution >= 4 is 11.0 Å². The molecule has 0 fully saturated rings. The molecule has 0 aliphatic rings. The minimum Gasteiger partial charge on any atom is -0.225 e. The molecule has 1 heterocycles. The summed E-state index contributed by atoms with van der Waals surface area (Å²) in [5.41, 5.74) is 13.2. The number of rotatable bonds is 5. The van der Waals surface area contributed by atoms with Gasteiger partial charge in [-0.1, -0.05) is 103 Å². The molecule has 0 aliphatic heterocycles. The van der Waals surface area contributed by atoms with Crippen LogP contribution in [0.15, 0.2) is 84.9 Å². The van der Waals surface area contributed by atoms with E-state index in [9.17, 15) is 0 Å². The fraction of sp³-hybridized carbons (Fsp3) is 0.324. The van der Waals surface area contributed by atoms with Crippen molar-refractivity contribution in [3.63, 3.8) is 0 Å². The van der Waals surface area contributed by atoms with Crippen molar-refractivity contribution in [3.8, 4) is 28.2 Å². The molecular weight excluding hydrogens is 472 g/mol. The number of para-hydroxylation sites is 2. The Kier molecular flexibility index (Phi) is 7.01. The molecular formula is C37H43N2+. The van der Waals surface area contributed by atoms with Gasteiger partial charge >= 0.3 is 0 Å². The average Bonchev–Trinajstić information content (AvgIpc) is 3.19. The van der Waals surface area contributed by atoms with Crippen molar-refractivity contribution in [1.29, 1.82) is 0 Å². The van der Waals surface area contributed by atoms with Gasteiger partial charge in [-0.05, 0) is 76.8 Å². The van der Waals surface area contributed by atoms with Gasteiger partial charge in [0.15, 0.2) is 11.0 Å². The van der Waals surface area contributed by atoms with E-state index in [1.165, 1.54) is 61.5 Å². The van der Waals surface area contributed by atoms with E-state index in [1.54, 1.807) is 0 Å². The zero-order valence-corrected chi connectivity index (χ0v) is 25.1. The lowest BCUT2D eigenvalue weighted by Gasteiger charge is -2.23. The van der Waals surface area contributed by atoms with E-state index in [4.69, 9.17) is 0 Å². The number of aryl methyl sites for hydroxylation is 1. The van der Waals surface area contributed by atoms with Crippen LogP contribution in [0.1, 0.15) is 82.6 Å². The summed E-state index contributed by atoms with van der Waals surface area (Å²) in [5.74, 6) is 1.96. The molecule has 0 amide bonds. The molecule has 0 saturated heterocycles. The molecule has 5 aromatic rings. The quantitative estimate of drug-likeness (QED) is 0.206. The lowest BCUT2D eigenvalue weighted by Crippen LogP contribution is -2.31. The molecule has 0 spiro atoms. The van der Waals surface area contributed by atoms with Crippen LogP contribution in [0.25, 0.3) is 39.2 Å². The Bertz CT molecular complexity index is 1610. The molecule has 0 saturated carbocycles. The van der Waals surface area contributed by atoms with Crippen molar-refractivity contribution in [2.24, 2.45) is 7.05 Å².